The molecule has 1 heterocycles. The van der Waals surface area contributed by atoms with Crippen molar-refractivity contribution < 1.29 is 9.53 Å². The van der Waals surface area contributed by atoms with E-state index in [1.165, 1.54) is 7.11 Å². The summed E-state index contributed by atoms with van der Waals surface area (Å²) in [7, 11) is 1.45. The number of methoxy groups -OCH3 is 1. The monoisotopic (exact) mass is 239 g/mol. The summed E-state index contributed by atoms with van der Waals surface area (Å²) < 4.78 is 4.85. The van der Waals surface area contributed by atoms with E-state index in [2.05, 4.69) is 24.2 Å². The smallest absolute Gasteiger partial charge is 0.318 e. The molecule has 1 aliphatic rings. The van der Waals surface area contributed by atoms with Crippen LogP contribution in [0.1, 0.15) is 37.4 Å². The van der Waals surface area contributed by atoms with E-state index in [1.54, 1.807) is 11.3 Å². The minimum atomic E-state index is -0.394. The third-order valence-corrected chi connectivity index (χ3v) is 4.00. The van der Waals surface area contributed by atoms with Crippen molar-refractivity contribution in [3.63, 3.8) is 0 Å². The molecule has 4 heteroatoms. The van der Waals surface area contributed by atoms with Crippen LogP contribution in [0.15, 0.2) is 5.38 Å². The second-order valence-corrected chi connectivity index (χ2v) is 5.67. The van der Waals surface area contributed by atoms with Crippen molar-refractivity contribution in [3.8, 4) is 0 Å². The summed E-state index contributed by atoms with van der Waals surface area (Å²) >= 11 is 1.59. The van der Waals surface area contributed by atoms with Crippen molar-refractivity contribution >= 4 is 17.3 Å². The average molecular weight is 239 g/mol. The van der Waals surface area contributed by atoms with Crippen LogP contribution in [0.2, 0.25) is 0 Å². The Morgan fingerprint density at radius 2 is 2.31 bits per heavy atom. The molecule has 0 saturated heterocycles. The molecule has 1 saturated carbocycles. The Kier molecular flexibility index (Phi) is 3.02. The first-order valence-corrected chi connectivity index (χ1v) is 6.50. The number of rotatable bonds is 4. The van der Waals surface area contributed by atoms with E-state index in [9.17, 15) is 4.79 Å². The maximum Gasteiger partial charge on any atom is 0.318 e. The van der Waals surface area contributed by atoms with E-state index in [1.807, 2.05) is 0 Å². The first-order chi connectivity index (χ1) is 7.58. The summed E-state index contributed by atoms with van der Waals surface area (Å²) in [5.74, 6) is 0.473. The molecule has 0 atom stereocenters. The molecule has 88 valence electrons. The third-order valence-electron chi connectivity index (χ3n) is 2.90. The van der Waals surface area contributed by atoms with Crippen molar-refractivity contribution in [2.45, 2.75) is 38.5 Å². The third kappa shape index (κ3) is 1.98. The van der Waals surface area contributed by atoms with Gasteiger partial charge in [-0.1, -0.05) is 13.8 Å². The lowest BCUT2D eigenvalue weighted by atomic mass is 10.1. The number of thiazole rings is 1. The molecule has 1 aliphatic carbocycles. The lowest BCUT2D eigenvalue weighted by molar-refractivity contribution is -0.143. The van der Waals surface area contributed by atoms with Gasteiger partial charge < -0.3 is 4.74 Å². The zero-order valence-corrected chi connectivity index (χ0v) is 10.8. The highest BCUT2D eigenvalue weighted by atomic mass is 32.1. The molecule has 0 amide bonds. The van der Waals surface area contributed by atoms with Gasteiger partial charge in [0.25, 0.3) is 0 Å². The van der Waals surface area contributed by atoms with Crippen LogP contribution in [-0.4, -0.2) is 18.1 Å². The topological polar surface area (TPSA) is 39.2 Å². The lowest BCUT2D eigenvalue weighted by Crippen LogP contribution is -2.21. The van der Waals surface area contributed by atoms with E-state index in [4.69, 9.17) is 4.74 Å². The van der Waals surface area contributed by atoms with Gasteiger partial charge in [0.05, 0.1) is 12.8 Å². The highest BCUT2D eigenvalue weighted by Crippen LogP contribution is 2.50. The Labute approximate surface area is 99.8 Å². The normalized spacial score (nSPS) is 17.5. The minimum Gasteiger partial charge on any atom is -0.468 e. The van der Waals surface area contributed by atoms with Crippen LogP contribution in [0.4, 0.5) is 0 Å². The van der Waals surface area contributed by atoms with Crippen LogP contribution >= 0.6 is 11.3 Å². The Hall–Kier alpha value is -0.900. The Morgan fingerprint density at radius 3 is 2.81 bits per heavy atom. The zero-order chi connectivity index (χ0) is 11.8. The van der Waals surface area contributed by atoms with E-state index in [0.717, 1.165) is 30.0 Å². The maximum atomic E-state index is 11.7. The average Bonchev–Trinajstić information content (AvgIpc) is 2.93. The van der Waals surface area contributed by atoms with Crippen molar-refractivity contribution in [2.75, 3.05) is 7.11 Å². The van der Waals surface area contributed by atoms with Crippen molar-refractivity contribution in [2.24, 2.45) is 5.92 Å². The van der Waals surface area contributed by atoms with Gasteiger partial charge in [-0.15, -0.1) is 11.3 Å². The fourth-order valence-corrected chi connectivity index (χ4v) is 2.94. The molecular formula is C12H17NO2S. The van der Waals surface area contributed by atoms with E-state index in [-0.39, 0.29) is 5.97 Å². The molecule has 2 rings (SSSR count). The standard InChI is InChI=1S/C12H17NO2S/c1-8(2)6-9-7-16-10(13-9)12(4-5-12)11(14)15-3/h7-8H,4-6H2,1-3H3. The molecule has 16 heavy (non-hydrogen) atoms. The maximum absolute atomic E-state index is 11.7. The summed E-state index contributed by atoms with van der Waals surface area (Å²) in [6, 6.07) is 0. The number of carbonyl (C=O) groups excluding carboxylic acids is 1. The number of nitrogens with zero attached hydrogens (tertiary/aromatic N) is 1. The summed E-state index contributed by atoms with van der Waals surface area (Å²) in [6.07, 6.45) is 2.75. The van der Waals surface area contributed by atoms with Crippen LogP contribution in [0.3, 0.4) is 0 Å². The Balaban J connectivity index is 2.16. The molecule has 1 aromatic heterocycles. The highest BCUT2D eigenvalue weighted by Gasteiger charge is 2.55. The SMILES string of the molecule is COC(=O)C1(c2nc(CC(C)C)cs2)CC1. The van der Waals surface area contributed by atoms with Gasteiger partial charge in [-0.05, 0) is 25.2 Å². The van der Waals surface area contributed by atoms with Crippen molar-refractivity contribution in [1.29, 1.82) is 0 Å². The fourth-order valence-electron chi connectivity index (χ4n) is 1.86. The van der Waals surface area contributed by atoms with Gasteiger partial charge in [-0.25, -0.2) is 4.98 Å². The number of esters is 1. The number of carbonyl (C=O) groups is 1. The van der Waals surface area contributed by atoms with Crippen molar-refractivity contribution in [3.05, 3.63) is 16.1 Å². The van der Waals surface area contributed by atoms with Gasteiger partial charge in [0.2, 0.25) is 0 Å². The Morgan fingerprint density at radius 1 is 1.62 bits per heavy atom. The predicted octanol–water partition coefficient (Wildman–Crippen LogP) is 2.55. The van der Waals surface area contributed by atoms with Crippen LogP contribution in [-0.2, 0) is 21.4 Å². The summed E-state index contributed by atoms with van der Waals surface area (Å²) in [4.78, 5) is 16.2. The molecular weight excluding hydrogens is 222 g/mol. The largest absolute Gasteiger partial charge is 0.468 e. The molecule has 1 fully saturated rings. The van der Waals surface area contributed by atoms with Gasteiger partial charge in [0.1, 0.15) is 10.4 Å². The van der Waals surface area contributed by atoms with Gasteiger partial charge >= 0.3 is 5.97 Å². The van der Waals surface area contributed by atoms with Gasteiger partial charge in [-0.2, -0.15) is 0 Å². The molecule has 0 aromatic carbocycles. The number of aromatic nitrogens is 1. The quantitative estimate of drug-likeness (QED) is 0.758. The predicted molar refractivity (Wildman–Crippen MR) is 63.6 cm³/mol. The van der Waals surface area contributed by atoms with Crippen molar-refractivity contribution in [1.82, 2.24) is 4.98 Å². The molecule has 0 unspecified atom stereocenters. The minimum absolute atomic E-state index is 0.127. The molecule has 1 aromatic rings. The number of ether oxygens (including phenoxy) is 1. The van der Waals surface area contributed by atoms with Crippen LogP contribution < -0.4 is 0 Å². The van der Waals surface area contributed by atoms with E-state index >= 15 is 0 Å². The van der Waals surface area contributed by atoms with E-state index in [0.29, 0.717) is 5.92 Å². The first kappa shape index (κ1) is 11.6. The summed E-state index contributed by atoms with van der Waals surface area (Å²) in [5, 5.41) is 3.01. The van der Waals surface area contributed by atoms with Gasteiger partial charge in [-0.3, -0.25) is 4.79 Å². The second kappa shape index (κ2) is 4.17. The van der Waals surface area contributed by atoms with Crippen LogP contribution in [0, 0.1) is 5.92 Å². The number of hydrogen-bond acceptors (Lipinski definition) is 4. The molecule has 0 radical (unpaired) electrons. The Bertz CT molecular complexity index is 393. The summed E-state index contributed by atoms with van der Waals surface area (Å²) in [6.45, 7) is 4.35. The lowest BCUT2D eigenvalue weighted by Gasteiger charge is -2.08. The van der Waals surface area contributed by atoms with E-state index < -0.39 is 5.41 Å². The van der Waals surface area contributed by atoms with Crippen LogP contribution in [0.5, 0.6) is 0 Å². The second-order valence-electron chi connectivity index (χ2n) is 4.82. The molecule has 0 spiro atoms. The zero-order valence-electron chi connectivity index (χ0n) is 9.95. The molecule has 0 bridgehead atoms. The summed E-state index contributed by atoms with van der Waals surface area (Å²) in [5.41, 5.74) is 0.708. The first-order valence-electron chi connectivity index (χ1n) is 5.62. The highest BCUT2D eigenvalue weighted by molar-refractivity contribution is 7.10. The van der Waals surface area contributed by atoms with Gasteiger partial charge in [0.15, 0.2) is 0 Å². The molecule has 0 aliphatic heterocycles. The van der Waals surface area contributed by atoms with Crippen LogP contribution in [0.25, 0.3) is 0 Å². The molecule has 3 nitrogen and oxygen atoms in total. The molecule has 0 N–H and O–H groups in total. The fraction of sp³-hybridized carbons (Fsp3) is 0.667. The van der Waals surface area contributed by atoms with Gasteiger partial charge in [0, 0.05) is 5.38 Å². The number of hydrogen-bond donors (Lipinski definition) is 0.